The van der Waals surface area contributed by atoms with Gasteiger partial charge in [0.1, 0.15) is 40.1 Å². The highest BCUT2D eigenvalue weighted by Crippen LogP contribution is 2.47. The monoisotopic (exact) mass is 511 g/mol. The molecule has 6 rings (SSSR count). The average molecular weight is 512 g/mol. The molecule has 1 aliphatic carbocycles. The van der Waals surface area contributed by atoms with Crippen molar-refractivity contribution in [3.63, 3.8) is 0 Å². The minimum Gasteiger partial charge on any atom is -0.497 e. The third-order valence-electron chi connectivity index (χ3n) is 6.60. The summed E-state index contributed by atoms with van der Waals surface area (Å²) >= 11 is 0. The number of carbonyl (C=O) groups excluding carboxylic acids is 2. The lowest BCUT2D eigenvalue weighted by Gasteiger charge is -2.16. The van der Waals surface area contributed by atoms with Crippen molar-refractivity contribution in [3.8, 4) is 17.4 Å². The maximum Gasteiger partial charge on any atom is 0.247 e. The molecule has 3 aromatic carbocycles. The van der Waals surface area contributed by atoms with Crippen LogP contribution in [0.1, 0.15) is 12.8 Å². The Bertz CT molecular complexity index is 1680. The number of hydrogen-bond donors (Lipinski definition) is 3. The summed E-state index contributed by atoms with van der Waals surface area (Å²) in [5, 5.41) is 6.43. The Balaban J connectivity index is 1.15. The van der Waals surface area contributed by atoms with Crippen LogP contribution in [0.2, 0.25) is 0 Å². The molecule has 1 fully saturated rings. The summed E-state index contributed by atoms with van der Waals surface area (Å²) in [6.45, 7) is 0. The van der Waals surface area contributed by atoms with E-state index < -0.39 is 23.0 Å². The molecular weight excluding hydrogens is 489 g/mol. The number of aromatic nitrogens is 3. The van der Waals surface area contributed by atoms with Crippen molar-refractivity contribution >= 4 is 45.1 Å². The zero-order valence-corrected chi connectivity index (χ0v) is 20.2. The first-order chi connectivity index (χ1) is 18.4. The first-order valence-corrected chi connectivity index (χ1v) is 11.9. The fraction of sp³-hybridized carbons (Fsp3) is 0.143. The summed E-state index contributed by atoms with van der Waals surface area (Å²) in [7, 11) is 1.61. The van der Waals surface area contributed by atoms with E-state index in [-0.39, 0.29) is 0 Å². The van der Waals surface area contributed by atoms with Crippen LogP contribution in [0, 0.1) is 11.2 Å². The van der Waals surface area contributed by atoms with Crippen LogP contribution in [0.25, 0.3) is 21.9 Å². The molecule has 38 heavy (non-hydrogen) atoms. The van der Waals surface area contributed by atoms with Gasteiger partial charge in [-0.25, -0.2) is 9.37 Å². The minimum absolute atomic E-state index is 0.358. The molecule has 0 bridgehead atoms. The summed E-state index contributed by atoms with van der Waals surface area (Å²) < 4.78 is 24.4. The minimum atomic E-state index is -1.14. The quantitative estimate of drug-likeness (QED) is 0.252. The summed E-state index contributed by atoms with van der Waals surface area (Å²) in [6, 6.07) is 17.9. The largest absolute Gasteiger partial charge is 0.497 e. The maximum atomic E-state index is 13.1. The van der Waals surface area contributed by atoms with Gasteiger partial charge in [0.2, 0.25) is 17.7 Å². The van der Waals surface area contributed by atoms with Crippen molar-refractivity contribution < 1.29 is 23.5 Å². The number of hydrogen-bond acceptors (Lipinski definition) is 6. The van der Waals surface area contributed by atoms with Crippen molar-refractivity contribution in [3.05, 3.63) is 78.9 Å². The zero-order valence-electron chi connectivity index (χ0n) is 20.2. The molecule has 2 amide bonds. The van der Waals surface area contributed by atoms with Crippen LogP contribution >= 0.6 is 0 Å². The predicted octanol–water partition coefficient (Wildman–Crippen LogP) is 5.41. The molecule has 3 N–H and O–H groups in total. The maximum absolute atomic E-state index is 13.1. The summed E-state index contributed by atoms with van der Waals surface area (Å²) in [5.41, 5.74) is 2.04. The van der Waals surface area contributed by atoms with Crippen molar-refractivity contribution in [1.82, 2.24) is 15.0 Å². The Labute approximate surface area is 216 Å². The molecule has 5 aromatic rings. The SMILES string of the molecule is COc1ccc2c(c1)[nH]c1c(Oc3ccc(NC(=O)C4(C(=O)Nc5ccc(F)cc5)CC4)cc3)ncnc12. The first-order valence-electron chi connectivity index (χ1n) is 11.9. The Kier molecular flexibility index (Phi) is 5.64. The first kappa shape index (κ1) is 23.4. The second-order valence-corrected chi connectivity index (χ2v) is 9.06. The number of carbonyl (C=O) groups is 2. The normalized spacial score (nSPS) is 13.7. The molecule has 1 saturated carbocycles. The molecule has 2 aromatic heterocycles. The van der Waals surface area contributed by atoms with Gasteiger partial charge in [0, 0.05) is 22.8 Å². The van der Waals surface area contributed by atoms with Crippen molar-refractivity contribution in [2.45, 2.75) is 12.8 Å². The Morgan fingerprint density at radius 1 is 0.895 bits per heavy atom. The lowest BCUT2D eigenvalue weighted by atomic mass is 10.0. The van der Waals surface area contributed by atoms with Crippen molar-refractivity contribution in [2.24, 2.45) is 5.41 Å². The molecule has 0 aliphatic heterocycles. The van der Waals surface area contributed by atoms with E-state index in [1.165, 1.54) is 30.6 Å². The molecule has 0 spiro atoms. The third kappa shape index (κ3) is 4.26. The number of aromatic amines is 1. The second-order valence-electron chi connectivity index (χ2n) is 9.06. The summed E-state index contributed by atoms with van der Waals surface area (Å²) in [6.07, 6.45) is 2.32. The van der Waals surface area contributed by atoms with E-state index >= 15 is 0 Å². The van der Waals surface area contributed by atoms with Crippen LogP contribution in [0.15, 0.2) is 73.1 Å². The third-order valence-corrected chi connectivity index (χ3v) is 6.60. The lowest BCUT2D eigenvalue weighted by Crippen LogP contribution is -2.35. The van der Waals surface area contributed by atoms with E-state index in [2.05, 4.69) is 25.6 Å². The number of nitrogens with one attached hydrogen (secondary N) is 3. The standard InChI is InChI=1S/C28H22FN5O4/c1-37-20-10-11-21-22(14-20)34-24-23(21)30-15-31-25(24)38-19-8-6-18(7-9-19)33-27(36)28(12-13-28)26(35)32-17-4-2-16(29)3-5-17/h2-11,14-15,34H,12-13H2,1H3,(H,32,35)(H,33,36). The molecule has 0 atom stereocenters. The highest BCUT2D eigenvalue weighted by atomic mass is 19.1. The molecule has 9 nitrogen and oxygen atoms in total. The van der Waals surface area contributed by atoms with Crippen LogP contribution in [-0.4, -0.2) is 33.9 Å². The van der Waals surface area contributed by atoms with E-state index in [0.29, 0.717) is 41.4 Å². The van der Waals surface area contributed by atoms with Crippen molar-refractivity contribution in [1.29, 1.82) is 0 Å². The number of ether oxygens (including phenoxy) is 2. The number of halogens is 1. The topological polar surface area (TPSA) is 118 Å². The number of nitrogens with zero attached hydrogens (tertiary/aromatic N) is 2. The predicted molar refractivity (Wildman–Crippen MR) is 140 cm³/mol. The van der Waals surface area contributed by atoms with E-state index in [9.17, 15) is 14.0 Å². The van der Waals surface area contributed by atoms with Gasteiger partial charge in [-0.1, -0.05) is 0 Å². The van der Waals surface area contributed by atoms with Crippen LogP contribution in [0.4, 0.5) is 15.8 Å². The highest BCUT2D eigenvalue weighted by Gasteiger charge is 2.56. The van der Waals surface area contributed by atoms with Gasteiger partial charge < -0.3 is 25.1 Å². The second kappa shape index (κ2) is 9.15. The smallest absolute Gasteiger partial charge is 0.247 e. The van der Waals surface area contributed by atoms with Gasteiger partial charge in [0.25, 0.3) is 0 Å². The molecule has 190 valence electrons. The van der Waals surface area contributed by atoms with Gasteiger partial charge in [0.05, 0.1) is 12.6 Å². The van der Waals surface area contributed by atoms with Crippen LogP contribution < -0.4 is 20.1 Å². The average Bonchev–Trinajstić information content (AvgIpc) is 3.67. The van der Waals surface area contributed by atoms with Crippen LogP contribution in [0.5, 0.6) is 17.4 Å². The lowest BCUT2D eigenvalue weighted by molar-refractivity contribution is -0.131. The van der Waals surface area contributed by atoms with Gasteiger partial charge in [-0.05, 0) is 73.5 Å². The van der Waals surface area contributed by atoms with Gasteiger partial charge in [0.15, 0.2) is 0 Å². The molecule has 0 saturated heterocycles. The van der Waals surface area contributed by atoms with Gasteiger partial charge in [-0.2, -0.15) is 4.98 Å². The number of amides is 2. The molecule has 0 radical (unpaired) electrons. The Morgan fingerprint density at radius 3 is 2.16 bits per heavy atom. The molecule has 0 unspecified atom stereocenters. The summed E-state index contributed by atoms with van der Waals surface area (Å²) in [5.74, 6) is 0.381. The van der Waals surface area contributed by atoms with Gasteiger partial charge in [-0.15, -0.1) is 0 Å². The number of H-pyrrole nitrogens is 1. The summed E-state index contributed by atoms with van der Waals surface area (Å²) in [4.78, 5) is 37.7. The molecule has 1 aliphatic rings. The fourth-order valence-corrected chi connectivity index (χ4v) is 4.29. The fourth-order valence-electron chi connectivity index (χ4n) is 4.29. The van der Waals surface area contributed by atoms with Crippen LogP contribution in [-0.2, 0) is 9.59 Å². The highest BCUT2D eigenvalue weighted by molar-refractivity contribution is 6.17. The van der Waals surface area contributed by atoms with Gasteiger partial charge >= 0.3 is 0 Å². The van der Waals surface area contributed by atoms with Gasteiger partial charge in [-0.3, -0.25) is 9.59 Å². The molecular formula is C28H22FN5O4. The zero-order chi connectivity index (χ0) is 26.3. The van der Waals surface area contributed by atoms with E-state index in [4.69, 9.17) is 9.47 Å². The number of fused-ring (bicyclic) bond motifs is 3. The Hall–Kier alpha value is -4.99. The van der Waals surface area contributed by atoms with Crippen molar-refractivity contribution in [2.75, 3.05) is 17.7 Å². The molecule has 10 heteroatoms. The van der Waals surface area contributed by atoms with E-state index in [1.807, 2.05) is 18.2 Å². The van der Waals surface area contributed by atoms with Crippen LogP contribution in [0.3, 0.4) is 0 Å². The number of benzene rings is 3. The molecule has 2 heterocycles. The Morgan fingerprint density at radius 2 is 1.53 bits per heavy atom. The number of methoxy groups -OCH3 is 1. The van der Waals surface area contributed by atoms with E-state index in [1.54, 1.807) is 31.4 Å². The van der Waals surface area contributed by atoms with E-state index in [0.717, 1.165) is 22.2 Å². The number of rotatable bonds is 7. The number of anilines is 2.